The summed E-state index contributed by atoms with van der Waals surface area (Å²) < 4.78 is -1.29. The molecule has 1 aliphatic heterocycles. The third kappa shape index (κ3) is 2.91. The summed E-state index contributed by atoms with van der Waals surface area (Å²) in [6.45, 7) is 8.92. The average Bonchev–Trinajstić information content (AvgIpc) is 3.27. The Hall–Kier alpha value is -1.17. The van der Waals surface area contributed by atoms with Crippen molar-refractivity contribution in [2.24, 2.45) is 10.8 Å². The molecule has 1 heterocycles. The molecule has 1 fully saturated rings. The first-order valence-corrected chi connectivity index (χ1v) is 15.2. The molecule has 5 rings (SSSR count). The first-order chi connectivity index (χ1) is 15.9. The molecule has 2 aromatic carbocycles. The third-order valence-corrected chi connectivity index (χ3v) is 15.8. The minimum atomic E-state index is -0.646. The van der Waals surface area contributed by atoms with Crippen molar-refractivity contribution in [2.45, 2.75) is 74.4 Å². The van der Waals surface area contributed by atoms with Crippen LogP contribution in [0.4, 0.5) is 0 Å². The third-order valence-electron chi connectivity index (χ3n) is 8.85. The summed E-state index contributed by atoms with van der Waals surface area (Å²) in [5, 5.41) is 0. The molecule has 2 aliphatic carbocycles. The maximum absolute atomic E-state index is 14.4. The quantitative estimate of drug-likeness (QED) is 0.401. The molecule has 0 aromatic heterocycles. The smallest absolute Gasteiger partial charge is 0.190 e. The monoisotopic (exact) mass is 496 g/mol. The fraction of sp³-hybridized carbons (Fsp3) is 0.500. The molecule has 2 aromatic rings. The molecular formula is C28H32O2S3. The predicted molar refractivity (Wildman–Crippen MR) is 143 cm³/mol. The molecule has 33 heavy (non-hydrogen) atoms. The lowest BCUT2D eigenvalue weighted by Crippen LogP contribution is -2.57. The van der Waals surface area contributed by atoms with E-state index in [2.05, 4.69) is 39.8 Å². The second kappa shape index (κ2) is 8.20. The van der Waals surface area contributed by atoms with Gasteiger partial charge in [-0.3, -0.25) is 9.59 Å². The largest absolute Gasteiger partial charge is 0.292 e. The van der Waals surface area contributed by atoms with E-state index in [9.17, 15) is 9.59 Å². The minimum Gasteiger partial charge on any atom is -0.292 e. The number of ketones is 2. The second-order valence-electron chi connectivity index (χ2n) is 9.80. The lowest BCUT2D eigenvalue weighted by atomic mass is 9.66. The normalized spacial score (nSPS) is 29.3. The number of hydrogen-bond donors (Lipinski definition) is 0. The van der Waals surface area contributed by atoms with Crippen LogP contribution >= 0.6 is 33.3 Å². The summed E-state index contributed by atoms with van der Waals surface area (Å²) in [5.41, 5.74) is 3.71. The predicted octanol–water partition coefficient (Wildman–Crippen LogP) is 8.00. The van der Waals surface area contributed by atoms with E-state index in [0.29, 0.717) is 0 Å². The Morgan fingerprint density at radius 1 is 0.636 bits per heavy atom. The van der Waals surface area contributed by atoms with Crippen LogP contribution in [0.3, 0.4) is 0 Å². The van der Waals surface area contributed by atoms with Crippen molar-refractivity contribution in [3.05, 3.63) is 70.8 Å². The fourth-order valence-electron chi connectivity index (χ4n) is 6.44. The highest BCUT2D eigenvalue weighted by Crippen LogP contribution is 2.79. The summed E-state index contributed by atoms with van der Waals surface area (Å²) in [7, 11) is 3.44. The highest BCUT2D eigenvalue weighted by atomic mass is 33.1. The zero-order valence-electron chi connectivity index (χ0n) is 19.9. The summed E-state index contributed by atoms with van der Waals surface area (Å²) in [4.78, 5) is 28.7. The molecule has 2 spiro atoms. The number of carbonyl (C=O) groups is 2. The van der Waals surface area contributed by atoms with E-state index in [-0.39, 0.29) is 22.4 Å². The van der Waals surface area contributed by atoms with Crippen LogP contribution in [0.25, 0.3) is 0 Å². The van der Waals surface area contributed by atoms with Crippen LogP contribution in [0.2, 0.25) is 0 Å². The number of hydrogen-bond acceptors (Lipinski definition) is 5. The Balaban J connectivity index is 1.72. The number of carbonyl (C=O) groups excluding carboxylic acids is 2. The van der Waals surface area contributed by atoms with Gasteiger partial charge in [-0.2, -0.15) is 0 Å². The topological polar surface area (TPSA) is 34.1 Å². The van der Waals surface area contributed by atoms with E-state index in [0.717, 1.165) is 49.7 Å². The molecule has 0 unspecified atom stereocenters. The van der Waals surface area contributed by atoms with Crippen LogP contribution in [0, 0.1) is 10.8 Å². The van der Waals surface area contributed by atoms with Crippen molar-refractivity contribution < 1.29 is 9.59 Å². The van der Waals surface area contributed by atoms with E-state index < -0.39 is 8.16 Å². The number of fused-ring (bicyclic) bond motifs is 2. The van der Waals surface area contributed by atoms with E-state index >= 15 is 0 Å². The van der Waals surface area contributed by atoms with Gasteiger partial charge in [-0.25, -0.2) is 0 Å². The molecule has 3 aliphatic rings. The molecule has 174 valence electrons. The maximum atomic E-state index is 14.4. The van der Waals surface area contributed by atoms with Crippen molar-refractivity contribution in [2.75, 3.05) is 0 Å². The van der Waals surface area contributed by atoms with Gasteiger partial charge in [0, 0.05) is 22.0 Å². The Morgan fingerprint density at radius 3 is 1.36 bits per heavy atom. The molecule has 0 amide bonds. The van der Waals surface area contributed by atoms with Crippen LogP contribution in [-0.2, 0) is 12.8 Å². The van der Waals surface area contributed by atoms with Gasteiger partial charge in [0.05, 0.1) is 0 Å². The van der Waals surface area contributed by atoms with Crippen LogP contribution in [0.15, 0.2) is 48.5 Å². The Bertz CT molecular complexity index is 1030. The van der Waals surface area contributed by atoms with Crippen LogP contribution < -0.4 is 0 Å². The first-order valence-electron chi connectivity index (χ1n) is 12.2. The zero-order valence-corrected chi connectivity index (χ0v) is 22.4. The lowest BCUT2D eigenvalue weighted by Gasteiger charge is -2.53. The van der Waals surface area contributed by atoms with E-state index in [1.54, 1.807) is 33.3 Å². The summed E-state index contributed by atoms with van der Waals surface area (Å²) in [6.07, 6.45) is 5.50. The molecule has 0 N–H and O–H groups in total. The summed E-state index contributed by atoms with van der Waals surface area (Å²) in [5.74, 6) is 0.445. The van der Waals surface area contributed by atoms with Crippen LogP contribution in [0.1, 0.15) is 85.2 Å². The van der Waals surface area contributed by atoms with Gasteiger partial charge in [0.1, 0.15) is 8.16 Å². The van der Waals surface area contributed by atoms with Gasteiger partial charge in [-0.15, -0.1) is 11.8 Å². The number of thioether (sulfide) groups is 1. The van der Waals surface area contributed by atoms with E-state index in [1.165, 1.54) is 11.1 Å². The van der Waals surface area contributed by atoms with Crippen molar-refractivity contribution in [1.82, 2.24) is 0 Å². The van der Waals surface area contributed by atoms with Crippen LogP contribution in [-0.4, -0.2) is 19.7 Å². The highest BCUT2D eigenvalue weighted by Gasteiger charge is 2.72. The van der Waals surface area contributed by atoms with E-state index in [4.69, 9.17) is 0 Å². The molecule has 0 bridgehead atoms. The zero-order chi connectivity index (χ0) is 23.5. The number of rotatable bonds is 4. The molecule has 0 saturated carbocycles. The van der Waals surface area contributed by atoms with Gasteiger partial charge in [-0.1, -0.05) is 97.8 Å². The van der Waals surface area contributed by atoms with Crippen molar-refractivity contribution in [3.8, 4) is 0 Å². The van der Waals surface area contributed by atoms with Gasteiger partial charge in [0.15, 0.2) is 11.6 Å². The van der Waals surface area contributed by atoms with Crippen molar-refractivity contribution in [3.63, 3.8) is 0 Å². The molecule has 0 radical (unpaired) electrons. The standard InChI is InChI=1S/C28H32O2S3/c1-5-25(6-2)17-19-13-9-11-15-21(19)23(29)27(25)31-28(33-32-27)24(30)22-16-12-10-14-20(22)18-26(28,7-3)8-4/h9-16H,5-8,17-18H2,1-4H3/t27-,28+. The Labute approximate surface area is 209 Å². The highest BCUT2D eigenvalue weighted by molar-refractivity contribution is 8.84. The maximum Gasteiger partial charge on any atom is 0.190 e. The van der Waals surface area contributed by atoms with Gasteiger partial charge < -0.3 is 0 Å². The number of benzene rings is 2. The molecule has 2 atom stereocenters. The van der Waals surface area contributed by atoms with Crippen LogP contribution in [0.5, 0.6) is 0 Å². The fourth-order valence-corrected chi connectivity index (χ4v) is 14.7. The van der Waals surface area contributed by atoms with Crippen molar-refractivity contribution >= 4 is 44.9 Å². The van der Waals surface area contributed by atoms with Gasteiger partial charge in [0.25, 0.3) is 0 Å². The number of Topliss-reactive ketones (excluding diaryl/α,β-unsaturated/α-hetero) is 2. The second-order valence-corrected chi connectivity index (χ2v) is 14.3. The molecule has 1 saturated heterocycles. The van der Waals surface area contributed by atoms with Gasteiger partial charge >= 0.3 is 0 Å². The molecule has 5 heteroatoms. The Kier molecular flexibility index (Phi) is 5.86. The molecular weight excluding hydrogens is 465 g/mol. The Morgan fingerprint density at radius 2 is 1.00 bits per heavy atom. The summed E-state index contributed by atoms with van der Waals surface area (Å²) >= 11 is 1.74. The first kappa shape index (κ1) is 23.6. The summed E-state index contributed by atoms with van der Waals surface area (Å²) in [6, 6.07) is 16.3. The van der Waals surface area contributed by atoms with Crippen molar-refractivity contribution in [1.29, 1.82) is 0 Å². The SMILES string of the molecule is CCC1(CC)Cc2ccccc2C(=O)[C@@]12SS[C@@]1(S2)C(=O)c2ccccc2CC1(CC)CC. The van der Waals surface area contributed by atoms with Gasteiger partial charge in [-0.05, 0) is 49.7 Å². The molecule has 2 nitrogen and oxygen atoms in total. The van der Waals surface area contributed by atoms with E-state index in [1.807, 2.05) is 36.4 Å². The average molecular weight is 497 g/mol. The lowest BCUT2D eigenvalue weighted by molar-refractivity contribution is 0.0840. The van der Waals surface area contributed by atoms with Gasteiger partial charge in [0.2, 0.25) is 0 Å². The minimum absolute atomic E-state index is 0.172.